The fraction of sp³-hybridized carbons (Fsp3) is 0.267. The minimum Gasteiger partial charge on any atom is -0.388 e. The number of para-hydroxylation sites is 1. The molecule has 1 N–H and O–H groups in total. The zero-order chi connectivity index (χ0) is 14.1. The number of nitrogens with zero attached hydrogens (tertiary/aromatic N) is 3. The highest BCUT2D eigenvalue weighted by molar-refractivity contribution is 6.05. The van der Waals surface area contributed by atoms with Gasteiger partial charge in [-0.15, -0.1) is 0 Å². The second kappa shape index (κ2) is 5.02. The van der Waals surface area contributed by atoms with Gasteiger partial charge < -0.3 is 10.0 Å². The van der Waals surface area contributed by atoms with Crippen molar-refractivity contribution in [1.82, 2.24) is 9.97 Å². The molecule has 1 atom stereocenters. The van der Waals surface area contributed by atoms with Crippen molar-refractivity contribution in [3.63, 3.8) is 0 Å². The second-order valence-corrected chi connectivity index (χ2v) is 4.86. The molecule has 1 aromatic heterocycles. The molecule has 1 amide bonds. The highest BCUT2D eigenvalue weighted by Gasteiger charge is 2.28. The van der Waals surface area contributed by atoms with Crippen molar-refractivity contribution in [2.75, 3.05) is 11.4 Å². The first-order valence-electron chi connectivity index (χ1n) is 6.54. The molecule has 102 valence electrons. The van der Waals surface area contributed by atoms with E-state index in [0.29, 0.717) is 18.7 Å². The number of benzene rings is 1. The zero-order valence-electron chi connectivity index (χ0n) is 11.2. The van der Waals surface area contributed by atoms with Gasteiger partial charge in [-0.3, -0.25) is 9.78 Å². The topological polar surface area (TPSA) is 66.3 Å². The number of aromatic nitrogens is 2. The summed E-state index contributed by atoms with van der Waals surface area (Å²) < 4.78 is 0. The van der Waals surface area contributed by atoms with Crippen molar-refractivity contribution in [2.45, 2.75) is 19.4 Å². The normalized spacial score (nSPS) is 17.7. The van der Waals surface area contributed by atoms with Gasteiger partial charge in [0.2, 0.25) is 0 Å². The fourth-order valence-corrected chi connectivity index (χ4v) is 2.39. The first-order valence-corrected chi connectivity index (χ1v) is 6.54. The molecule has 20 heavy (non-hydrogen) atoms. The van der Waals surface area contributed by atoms with Crippen LogP contribution < -0.4 is 4.90 Å². The molecule has 1 aromatic carbocycles. The van der Waals surface area contributed by atoms with Gasteiger partial charge >= 0.3 is 0 Å². The van der Waals surface area contributed by atoms with E-state index < -0.39 is 6.10 Å². The molecular formula is C15H15N3O2. The molecule has 0 aliphatic carbocycles. The maximum Gasteiger partial charge on any atom is 0.278 e. The third-order valence-electron chi connectivity index (χ3n) is 3.46. The first kappa shape index (κ1) is 12.7. The third-order valence-corrected chi connectivity index (χ3v) is 3.46. The van der Waals surface area contributed by atoms with E-state index in [1.807, 2.05) is 31.2 Å². The molecule has 0 saturated carbocycles. The number of aliphatic hydroxyl groups excluding tert-OH is 1. The van der Waals surface area contributed by atoms with E-state index in [1.165, 1.54) is 6.20 Å². The molecule has 2 aromatic rings. The van der Waals surface area contributed by atoms with Crippen LogP contribution in [-0.4, -0.2) is 27.5 Å². The summed E-state index contributed by atoms with van der Waals surface area (Å²) in [4.78, 5) is 22.4. The lowest BCUT2D eigenvalue weighted by Crippen LogP contribution is -2.37. The molecule has 0 spiro atoms. The van der Waals surface area contributed by atoms with Crippen LogP contribution in [0, 0.1) is 6.92 Å². The molecule has 2 heterocycles. The Kier molecular flexibility index (Phi) is 3.20. The van der Waals surface area contributed by atoms with Crippen LogP contribution >= 0.6 is 0 Å². The molecular weight excluding hydrogens is 254 g/mol. The van der Waals surface area contributed by atoms with Gasteiger partial charge in [0.25, 0.3) is 5.91 Å². The SMILES string of the molecule is Cc1cnc(C(=O)N2CCC(O)c3ccccc32)cn1. The summed E-state index contributed by atoms with van der Waals surface area (Å²) in [5.41, 5.74) is 2.63. The summed E-state index contributed by atoms with van der Waals surface area (Å²) in [6.45, 7) is 2.31. The smallest absolute Gasteiger partial charge is 0.278 e. The standard InChI is InChI=1S/C15H15N3O2/c1-10-8-17-12(9-16-10)15(20)18-7-6-14(19)11-4-2-3-5-13(11)18/h2-5,8-9,14,19H,6-7H2,1H3. The summed E-state index contributed by atoms with van der Waals surface area (Å²) in [7, 11) is 0. The summed E-state index contributed by atoms with van der Waals surface area (Å²) in [6.07, 6.45) is 3.09. The van der Waals surface area contributed by atoms with Crippen molar-refractivity contribution in [3.8, 4) is 0 Å². The maximum atomic E-state index is 12.5. The minimum atomic E-state index is -0.514. The number of aryl methyl sites for hydroxylation is 1. The Bertz CT molecular complexity index is 640. The van der Waals surface area contributed by atoms with Crippen LogP contribution in [0.4, 0.5) is 5.69 Å². The van der Waals surface area contributed by atoms with Crippen LogP contribution in [0.25, 0.3) is 0 Å². The number of carbonyl (C=O) groups is 1. The van der Waals surface area contributed by atoms with Crippen LogP contribution in [0.1, 0.15) is 34.3 Å². The van der Waals surface area contributed by atoms with Crippen LogP contribution in [0.15, 0.2) is 36.7 Å². The quantitative estimate of drug-likeness (QED) is 0.858. The predicted octanol–water partition coefficient (Wildman–Crippen LogP) is 1.87. The summed E-state index contributed by atoms with van der Waals surface area (Å²) >= 11 is 0. The van der Waals surface area contributed by atoms with Crippen LogP contribution in [0.2, 0.25) is 0 Å². The number of aliphatic hydroxyl groups is 1. The Labute approximate surface area is 116 Å². The van der Waals surface area contributed by atoms with Crippen LogP contribution in [0.3, 0.4) is 0 Å². The minimum absolute atomic E-state index is 0.183. The Balaban J connectivity index is 1.97. The molecule has 0 bridgehead atoms. The van der Waals surface area contributed by atoms with Gasteiger partial charge in [0.05, 0.1) is 18.0 Å². The average molecular weight is 269 g/mol. The van der Waals surface area contributed by atoms with Crippen molar-refractivity contribution >= 4 is 11.6 Å². The summed E-state index contributed by atoms with van der Waals surface area (Å²) in [5.74, 6) is -0.183. The van der Waals surface area contributed by atoms with Gasteiger partial charge in [-0.2, -0.15) is 0 Å². The number of amides is 1. The van der Waals surface area contributed by atoms with Gasteiger partial charge in [0, 0.05) is 24.0 Å². The Hall–Kier alpha value is -2.27. The first-order chi connectivity index (χ1) is 9.66. The van der Waals surface area contributed by atoms with E-state index in [9.17, 15) is 9.90 Å². The number of fused-ring (bicyclic) bond motifs is 1. The van der Waals surface area contributed by atoms with Crippen molar-refractivity contribution in [1.29, 1.82) is 0 Å². The van der Waals surface area contributed by atoms with E-state index in [4.69, 9.17) is 0 Å². The second-order valence-electron chi connectivity index (χ2n) is 4.86. The summed E-state index contributed by atoms with van der Waals surface area (Å²) in [6, 6.07) is 7.41. The Morgan fingerprint density at radius 2 is 2.10 bits per heavy atom. The molecule has 0 radical (unpaired) electrons. The van der Waals surface area contributed by atoms with E-state index in [1.54, 1.807) is 11.1 Å². The van der Waals surface area contributed by atoms with Crippen molar-refractivity contribution in [2.24, 2.45) is 0 Å². The van der Waals surface area contributed by atoms with Gasteiger partial charge in [-0.25, -0.2) is 4.98 Å². The number of hydrogen-bond donors (Lipinski definition) is 1. The largest absolute Gasteiger partial charge is 0.388 e. The van der Waals surface area contributed by atoms with Crippen LogP contribution in [0.5, 0.6) is 0 Å². The summed E-state index contributed by atoms with van der Waals surface area (Å²) in [5, 5.41) is 10.0. The molecule has 1 aliphatic heterocycles. The third kappa shape index (κ3) is 2.16. The predicted molar refractivity (Wildman–Crippen MR) is 74.5 cm³/mol. The van der Waals surface area contributed by atoms with E-state index in [2.05, 4.69) is 9.97 Å². The number of carbonyl (C=O) groups excluding carboxylic acids is 1. The average Bonchev–Trinajstić information content (AvgIpc) is 2.48. The molecule has 1 aliphatic rings. The zero-order valence-corrected chi connectivity index (χ0v) is 11.2. The molecule has 5 nitrogen and oxygen atoms in total. The van der Waals surface area contributed by atoms with Gasteiger partial charge in [0.15, 0.2) is 0 Å². The van der Waals surface area contributed by atoms with Crippen molar-refractivity contribution in [3.05, 3.63) is 53.6 Å². The molecule has 3 rings (SSSR count). The highest BCUT2D eigenvalue weighted by atomic mass is 16.3. The monoisotopic (exact) mass is 269 g/mol. The number of hydrogen-bond acceptors (Lipinski definition) is 4. The fourth-order valence-electron chi connectivity index (χ4n) is 2.39. The Morgan fingerprint density at radius 3 is 2.85 bits per heavy atom. The molecule has 5 heteroatoms. The van der Waals surface area contributed by atoms with Crippen molar-refractivity contribution < 1.29 is 9.90 Å². The van der Waals surface area contributed by atoms with Gasteiger partial charge in [0.1, 0.15) is 5.69 Å². The lowest BCUT2D eigenvalue weighted by molar-refractivity contribution is 0.0965. The molecule has 0 fully saturated rings. The number of anilines is 1. The Morgan fingerprint density at radius 1 is 1.30 bits per heavy atom. The number of rotatable bonds is 1. The van der Waals surface area contributed by atoms with Crippen LogP contribution in [-0.2, 0) is 0 Å². The van der Waals surface area contributed by atoms with E-state index in [0.717, 1.165) is 16.9 Å². The maximum absolute atomic E-state index is 12.5. The highest BCUT2D eigenvalue weighted by Crippen LogP contribution is 2.33. The van der Waals surface area contributed by atoms with Gasteiger partial charge in [-0.1, -0.05) is 18.2 Å². The lowest BCUT2D eigenvalue weighted by Gasteiger charge is -2.31. The molecule has 0 saturated heterocycles. The van der Waals surface area contributed by atoms with E-state index >= 15 is 0 Å². The lowest BCUT2D eigenvalue weighted by atomic mass is 9.98. The van der Waals surface area contributed by atoms with Gasteiger partial charge in [-0.05, 0) is 19.4 Å². The molecule has 1 unspecified atom stereocenters. The van der Waals surface area contributed by atoms with E-state index in [-0.39, 0.29) is 5.91 Å².